The molecule has 3 N–H and O–H groups in total. The highest BCUT2D eigenvalue weighted by Gasteiger charge is 2.59. The molecule has 3 aromatic carbocycles. The maximum Gasteiger partial charge on any atom is 0.338 e. The number of nitrogens with one attached hydrogen (secondary N) is 3. The summed E-state index contributed by atoms with van der Waals surface area (Å²) in [4.78, 5) is 39.0. The summed E-state index contributed by atoms with van der Waals surface area (Å²) in [6.45, 7) is 2.04. The maximum atomic E-state index is 13.6. The number of anilines is 2. The Bertz CT molecular complexity index is 1260. The summed E-state index contributed by atoms with van der Waals surface area (Å²) in [5.74, 6) is -1.49. The van der Waals surface area contributed by atoms with Gasteiger partial charge in [0, 0.05) is 23.0 Å². The van der Waals surface area contributed by atoms with Gasteiger partial charge in [0.1, 0.15) is 5.54 Å². The molecule has 35 heavy (non-hydrogen) atoms. The van der Waals surface area contributed by atoms with Gasteiger partial charge in [-0.2, -0.15) is 0 Å². The minimum absolute atomic E-state index is 0.0590. The van der Waals surface area contributed by atoms with Crippen LogP contribution in [0.2, 0.25) is 0 Å². The number of fused-ring (bicyclic) bond motifs is 2. The highest BCUT2D eigenvalue weighted by Crippen LogP contribution is 2.47. The van der Waals surface area contributed by atoms with Crippen molar-refractivity contribution in [2.75, 3.05) is 17.2 Å². The van der Waals surface area contributed by atoms with Crippen LogP contribution in [0.1, 0.15) is 34.8 Å². The molecule has 178 valence electrons. The molecule has 5 rings (SSSR count). The molecule has 1 saturated heterocycles. The second kappa shape index (κ2) is 9.35. The van der Waals surface area contributed by atoms with Gasteiger partial charge in [-0.3, -0.25) is 14.9 Å². The third-order valence-electron chi connectivity index (χ3n) is 6.74. The molecule has 7 nitrogen and oxygen atoms in total. The molecular weight excluding hydrogens is 442 g/mol. The van der Waals surface area contributed by atoms with E-state index in [0.29, 0.717) is 30.7 Å². The van der Waals surface area contributed by atoms with E-state index >= 15 is 0 Å². The van der Waals surface area contributed by atoms with Crippen molar-refractivity contribution in [3.05, 3.63) is 95.6 Å². The number of hydrogen-bond acceptors (Lipinski definition) is 5. The first-order chi connectivity index (χ1) is 17.0. The molecule has 7 heteroatoms. The van der Waals surface area contributed by atoms with Crippen molar-refractivity contribution in [2.45, 2.75) is 31.3 Å². The van der Waals surface area contributed by atoms with E-state index < -0.39 is 17.4 Å². The first-order valence-corrected chi connectivity index (χ1v) is 11.8. The number of carbonyl (C=O) groups is 3. The molecule has 0 aromatic heterocycles. The third-order valence-corrected chi connectivity index (χ3v) is 6.74. The predicted octanol–water partition coefficient (Wildman–Crippen LogP) is 3.87. The van der Waals surface area contributed by atoms with Gasteiger partial charge in [-0.15, -0.1) is 0 Å². The molecular formula is C28H27N3O4. The minimum Gasteiger partial charge on any atom is -0.462 e. The van der Waals surface area contributed by atoms with E-state index in [-0.39, 0.29) is 17.9 Å². The van der Waals surface area contributed by atoms with Gasteiger partial charge in [0.2, 0.25) is 11.8 Å². The zero-order valence-corrected chi connectivity index (χ0v) is 19.4. The predicted molar refractivity (Wildman–Crippen MR) is 133 cm³/mol. The van der Waals surface area contributed by atoms with Crippen LogP contribution >= 0.6 is 0 Å². The lowest BCUT2D eigenvalue weighted by atomic mass is 9.79. The van der Waals surface area contributed by atoms with Gasteiger partial charge in [0.05, 0.1) is 18.1 Å². The van der Waals surface area contributed by atoms with E-state index in [4.69, 9.17) is 4.74 Å². The Morgan fingerprint density at radius 1 is 1.00 bits per heavy atom. The largest absolute Gasteiger partial charge is 0.462 e. The van der Waals surface area contributed by atoms with Gasteiger partial charge in [0.15, 0.2) is 0 Å². The van der Waals surface area contributed by atoms with Crippen molar-refractivity contribution >= 4 is 29.2 Å². The van der Waals surface area contributed by atoms with E-state index in [0.717, 1.165) is 16.8 Å². The van der Waals surface area contributed by atoms with Crippen LogP contribution in [-0.4, -0.2) is 30.4 Å². The van der Waals surface area contributed by atoms with Crippen LogP contribution in [0.15, 0.2) is 78.9 Å². The summed E-state index contributed by atoms with van der Waals surface area (Å²) >= 11 is 0. The van der Waals surface area contributed by atoms with Gasteiger partial charge in [-0.1, -0.05) is 48.5 Å². The van der Waals surface area contributed by atoms with Crippen molar-refractivity contribution in [3.8, 4) is 0 Å². The topological polar surface area (TPSA) is 96.5 Å². The third kappa shape index (κ3) is 4.19. The molecule has 1 fully saturated rings. The molecule has 2 amide bonds. The number of benzene rings is 3. The van der Waals surface area contributed by atoms with E-state index in [1.165, 1.54) is 0 Å². The summed E-state index contributed by atoms with van der Waals surface area (Å²) < 4.78 is 5.02. The smallest absolute Gasteiger partial charge is 0.338 e. The SMILES string of the molecule is CCOC(=O)c1ccc(NC(=O)C2CC(Cc3ccccc3)NC23C(=O)Nc2ccccc23)cc1. The van der Waals surface area contributed by atoms with Gasteiger partial charge in [0.25, 0.3) is 0 Å². The number of para-hydroxylation sites is 1. The number of amides is 2. The molecule has 0 aliphatic carbocycles. The summed E-state index contributed by atoms with van der Waals surface area (Å²) in [5.41, 5.74) is 2.47. The van der Waals surface area contributed by atoms with Crippen LogP contribution in [0, 0.1) is 5.92 Å². The van der Waals surface area contributed by atoms with Gasteiger partial charge in [-0.25, -0.2) is 4.79 Å². The van der Waals surface area contributed by atoms with Crippen molar-refractivity contribution in [1.82, 2.24) is 5.32 Å². The number of ether oxygens (including phenoxy) is 1. The first-order valence-electron chi connectivity index (χ1n) is 11.8. The highest BCUT2D eigenvalue weighted by atomic mass is 16.5. The lowest BCUT2D eigenvalue weighted by Gasteiger charge is -2.29. The number of carbonyl (C=O) groups excluding carboxylic acids is 3. The second-order valence-electron chi connectivity index (χ2n) is 8.91. The van der Waals surface area contributed by atoms with Crippen LogP contribution in [0.25, 0.3) is 0 Å². The van der Waals surface area contributed by atoms with Crippen LogP contribution < -0.4 is 16.0 Å². The highest BCUT2D eigenvalue weighted by molar-refractivity contribution is 6.10. The Balaban J connectivity index is 1.43. The molecule has 2 aliphatic heterocycles. The van der Waals surface area contributed by atoms with Gasteiger partial charge < -0.3 is 15.4 Å². The number of hydrogen-bond donors (Lipinski definition) is 3. The number of esters is 1. The Kier molecular flexibility index (Phi) is 6.09. The van der Waals surface area contributed by atoms with Crippen molar-refractivity contribution in [3.63, 3.8) is 0 Å². The van der Waals surface area contributed by atoms with Crippen molar-refractivity contribution in [1.29, 1.82) is 0 Å². The van der Waals surface area contributed by atoms with E-state index in [1.807, 2.05) is 42.5 Å². The van der Waals surface area contributed by atoms with Crippen LogP contribution in [0.4, 0.5) is 11.4 Å². The van der Waals surface area contributed by atoms with Crippen LogP contribution in [-0.2, 0) is 26.3 Å². The molecule has 3 unspecified atom stereocenters. The Hall–Kier alpha value is -3.97. The molecule has 0 bridgehead atoms. The zero-order chi connectivity index (χ0) is 24.4. The maximum absolute atomic E-state index is 13.6. The summed E-state index contributed by atoms with van der Waals surface area (Å²) in [6.07, 6.45) is 1.21. The van der Waals surface area contributed by atoms with E-state index in [9.17, 15) is 14.4 Å². The molecule has 2 heterocycles. The average molecular weight is 470 g/mol. The summed E-state index contributed by atoms with van der Waals surface area (Å²) in [6, 6.07) is 24.1. The Morgan fingerprint density at radius 2 is 1.71 bits per heavy atom. The van der Waals surface area contributed by atoms with Gasteiger partial charge >= 0.3 is 5.97 Å². The van der Waals surface area contributed by atoms with Crippen molar-refractivity contribution < 1.29 is 19.1 Å². The summed E-state index contributed by atoms with van der Waals surface area (Å²) in [5, 5.41) is 9.46. The van der Waals surface area contributed by atoms with E-state index in [1.54, 1.807) is 31.2 Å². The standard InChI is InChI=1S/C28H27N3O4/c1-2-35-26(33)19-12-14-20(15-13-19)29-25(32)23-17-21(16-18-8-4-3-5-9-18)31-28(23)22-10-6-7-11-24(22)30-27(28)34/h3-15,21,23,31H,2,16-17H2,1H3,(H,29,32)(H,30,34). The Morgan fingerprint density at radius 3 is 2.46 bits per heavy atom. The lowest BCUT2D eigenvalue weighted by molar-refractivity contribution is -0.130. The monoisotopic (exact) mass is 469 g/mol. The normalized spacial score (nSPS) is 22.5. The fourth-order valence-corrected chi connectivity index (χ4v) is 5.18. The number of rotatable bonds is 6. The molecule has 3 atom stereocenters. The Labute approximate surface area is 203 Å². The van der Waals surface area contributed by atoms with E-state index in [2.05, 4.69) is 28.1 Å². The fraction of sp³-hybridized carbons (Fsp3) is 0.250. The van der Waals surface area contributed by atoms with Gasteiger partial charge in [-0.05, 0) is 55.7 Å². The van der Waals surface area contributed by atoms with Crippen LogP contribution in [0.5, 0.6) is 0 Å². The molecule has 3 aromatic rings. The average Bonchev–Trinajstić information content (AvgIpc) is 3.38. The second-order valence-corrected chi connectivity index (χ2v) is 8.91. The fourth-order valence-electron chi connectivity index (χ4n) is 5.18. The molecule has 2 aliphatic rings. The molecule has 0 saturated carbocycles. The minimum atomic E-state index is -1.15. The quantitative estimate of drug-likeness (QED) is 0.477. The summed E-state index contributed by atoms with van der Waals surface area (Å²) in [7, 11) is 0. The van der Waals surface area contributed by atoms with Crippen molar-refractivity contribution in [2.24, 2.45) is 5.92 Å². The molecule has 1 spiro atoms. The molecule has 0 radical (unpaired) electrons. The first kappa shape index (κ1) is 22.8. The van der Waals surface area contributed by atoms with Crippen LogP contribution in [0.3, 0.4) is 0 Å². The lowest BCUT2D eigenvalue weighted by Crippen LogP contribution is -2.52. The zero-order valence-electron chi connectivity index (χ0n) is 19.4.